The number of benzene rings is 2. The lowest BCUT2D eigenvalue weighted by atomic mass is 10.1. The maximum Gasteiger partial charge on any atom is 0.161 e. The molecule has 0 heterocycles. The molecule has 0 amide bonds. The van der Waals surface area contributed by atoms with Crippen LogP contribution in [-0.2, 0) is 11.4 Å². The number of rotatable bonds is 7. The number of hydroxylamine groups is 1. The Kier molecular flexibility index (Phi) is 5.60. The number of methoxy groups -OCH3 is 2. The fourth-order valence-electron chi connectivity index (χ4n) is 2.01. The van der Waals surface area contributed by atoms with Crippen LogP contribution in [0.25, 0.3) is 0 Å². The maximum absolute atomic E-state index is 5.54. The maximum atomic E-state index is 5.54. The summed E-state index contributed by atoms with van der Waals surface area (Å²) in [7, 11) is 3.26. The van der Waals surface area contributed by atoms with E-state index in [-0.39, 0.29) is 6.04 Å². The number of hydrogen-bond donors (Lipinski definition) is 1. The third kappa shape index (κ3) is 4.21. The highest BCUT2D eigenvalue weighted by molar-refractivity contribution is 5.43. The summed E-state index contributed by atoms with van der Waals surface area (Å²) in [6.07, 6.45) is 0. The quantitative estimate of drug-likeness (QED) is 0.791. The molecule has 112 valence electrons. The van der Waals surface area contributed by atoms with Gasteiger partial charge in [-0.05, 0) is 30.2 Å². The fraction of sp³-hybridized carbons (Fsp3) is 0.294. The molecule has 1 atom stereocenters. The third-order valence-corrected chi connectivity index (χ3v) is 3.25. The van der Waals surface area contributed by atoms with Gasteiger partial charge < -0.3 is 9.47 Å². The molecule has 4 nitrogen and oxygen atoms in total. The predicted octanol–water partition coefficient (Wildman–Crippen LogP) is 3.49. The molecule has 0 aliphatic heterocycles. The van der Waals surface area contributed by atoms with Crippen LogP contribution in [0.1, 0.15) is 24.1 Å². The van der Waals surface area contributed by atoms with E-state index in [0.717, 1.165) is 16.9 Å². The first-order valence-corrected chi connectivity index (χ1v) is 6.87. The highest BCUT2D eigenvalue weighted by atomic mass is 16.6. The van der Waals surface area contributed by atoms with Gasteiger partial charge in [-0.15, -0.1) is 0 Å². The molecule has 2 aromatic rings. The Labute approximate surface area is 125 Å². The molecular formula is C17H21NO3. The van der Waals surface area contributed by atoms with Crippen molar-refractivity contribution < 1.29 is 14.3 Å². The molecule has 0 aliphatic rings. The summed E-state index contributed by atoms with van der Waals surface area (Å²) in [6, 6.07) is 15.9. The first-order valence-electron chi connectivity index (χ1n) is 6.87. The summed E-state index contributed by atoms with van der Waals surface area (Å²) in [5, 5.41) is 0. The first-order chi connectivity index (χ1) is 10.2. The van der Waals surface area contributed by atoms with Crippen LogP contribution in [0.4, 0.5) is 0 Å². The van der Waals surface area contributed by atoms with E-state index in [0.29, 0.717) is 12.4 Å². The van der Waals surface area contributed by atoms with Gasteiger partial charge in [0.2, 0.25) is 0 Å². The molecule has 2 aromatic carbocycles. The number of nitrogens with one attached hydrogen (secondary N) is 1. The normalized spacial score (nSPS) is 12.0. The molecule has 0 bridgehead atoms. The predicted molar refractivity (Wildman–Crippen MR) is 82.3 cm³/mol. The molecule has 1 unspecified atom stereocenters. The van der Waals surface area contributed by atoms with E-state index in [1.54, 1.807) is 14.2 Å². The molecule has 21 heavy (non-hydrogen) atoms. The molecule has 0 saturated carbocycles. The molecule has 0 radical (unpaired) electrons. The van der Waals surface area contributed by atoms with Crippen molar-refractivity contribution in [1.82, 2.24) is 5.48 Å². The van der Waals surface area contributed by atoms with Crippen LogP contribution in [0.15, 0.2) is 48.5 Å². The summed E-state index contributed by atoms with van der Waals surface area (Å²) >= 11 is 0. The first kappa shape index (κ1) is 15.4. The third-order valence-electron chi connectivity index (χ3n) is 3.25. The zero-order valence-electron chi connectivity index (χ0n) is 12.6. The lowest BCUT2D eigenvalue weighted by Gasteiger charge is -2.16. The lowest BCUT2D eigenvalue weighted by Crippen LogP contribution is -2.19. The summed E-state index contributed by atoms with van der Waals surface area (Å²) in [5.41, 5.74) is 5.24. The molecule has 0 spiro atoms. The molecule has 4 heteroatoms. The van der Waals surface area contributed by atoms with Crippen LogP contribution < -0.4 is 15.0 Å². The van der Waals surface area contributed by atoms with Crippen LogP contribution in [0, 0.1) is 0 Å². The molecule has 0 aliphatic carbocycles. The molecule has 0 fully saturated rings. The highest BCUT2D eigenvalue weighted by Gasteiger charge is 2.10. The van der Waals surface area contributed by atoms with Crippen molar-refractivity contribution in [2.45, 2.75) is 19.6 Å². The average Bonchev–Trinajstić information content (AvgIpc) is 2.55. The lowest BCUT2D eigenvalue weighted by molar-refractivity contribution is 0.00694. The van der Waals surface area contributed by atoms with Gasteiger partial charge in [0.05, 0.1) is 26.9 Å². The summed E-state index contributed by atoms with van der Waals surface area (Å²) < 4.78 is 10.5. The fourth-order valence-corrected chi connectivity index (χ4v) is 2.01. The number of hydrogen-bond acceptors (Lipinski definition) is 4. The van der Waals surface area contributed by atoms with Crippen LogP contribution in [0.3, 0.4) is 0 Å². The molecular weight excluding hydrogens is 266 g/mol. The minimum Gasteiger partial charge on any atom is -0.493 e. The van der Waals surface area contributed by atoms with E-state index < -0.39 is 0 Å². The van der Waals surface area contributed by atoms with Gasteiger partial charge in [0, 0.05) is 0 Å². The van der Waals surface area contributed by atoms with Gasteiger partial charge in [0.15, 0.2) is 11.5 Å². The van der Waals surface area contributed by atoms with E-state index in [9.17, 15) is 0 Å². The van der Waals surface area contributed by atoms with Crippen molar-refractivity contribution in [3.05, 3.63) is 59.7 Å². The Balaban J connectivity index is 1.92. The summed E-state index contributed by atoms with van der Waals surface area (Å²) in [6.45, 7) is 2.56. The molecule has 0 saturated heterocycles. The van der Waals surface area contributed by atoms with Crippen LogP contribution in [0.5, 0.6) is 11.5 Å². The minimum atomic E-state index is 0.0496. The average molecular weight is 287 g/mol. The van der Waals surface area contributed by atoms with Gasteiger partial charge in [0.1, 0.15) is 0 Å². The van der Waals surface area contributed by atoms with Crippen molar-refractivity contribution in [3.63, 3.8) is 0 Å². The van der Waals surface area contributed by atoms with E-state index in [1.807, 2.05) is 55.5 Å². The largest absolute Gasteiger partial charge is 0.493 e. The minimum absolute atomic E-state index is 0.0496. The Morgan fingerprint density at radius 2 is 1.67 bits per heavy atom. The standard InChI is InChI=1S/C17H21NO3/c1-13(18-21-12-14-7-5-4-6-8-14)15-9-10-16(19-2)17(11-15)20-3/h4-11,13,18H,12H2,1-3H3. The van der Waals surface area contributed by atoms with Crippen LogP contribution in [0.2, 0.25) is 0 Å². The highest BCUT2D eigenvalue weighted by Crippen LogP contribution is 2.29. The second-order valence-corrected chi connectivity index (χ2v) is 4.73. The number of ether oxygens (including phenoxy) is 2. The van der Waals surface area contributed by atoms with Crippen molar-refractivity contribution in [2.75, 3.05) is 14.2 Å². The molecule has 1 N–H and O–H groups in total. The van der Waals surface area contributed by atoms with Crippen molar-refractivity contribution in [1.29, 1.82) is 0 Å². The van der Waals surface area contributed by atoms with Gasteiger partial charge >= 0.3 is 0 Å². The summed E-state index contributed by atoms with van der Waals surface area (Å²) in [5.74, 6) is 1.44. The second-order valence-electron chi connectivity index (χ2n) is 4.73. The van der Waals surface area contributed by atoms with E-state index in [2.05, 4.69) is 5.48 Å². The second kappa shape index (κ2) is 7.67. The van der Waals surface area contributed by atoms with Gasteiger partial charge in [-0.2, -0.15) is 5.48 Å². The van der Waals surface area contributed by atoms with Gasteiger partial charge in [0.25, 0.3) is 0 Å². The molecule has 2 rings (SSSR count). The smallest absolute Gasteiger partial charge is 0.161 e. The van der Waals surface area contributed by atoms with Gasteiger partial charge in [-0.25, -0.2) is 0 Å². The van der Waals surface area contributed by atoms with Crippen molar-refractivity contribution in [3.8, 4) is 11.5 Å². The Morgan fingerprint density at radius 3 is 2.33 bits per heavy atom. The Hall–Kier alpha value is -2.04. The van der Waals surface area contributed by atoms with Crippen molar-refractivity contribution in [2.24, 2.45) is 0 Å². The Morgan fingerprint density at radius 1 is 0.952 bits per heavy atom. The van der Waals surface area contributed by atoms with E-state index >= 15 is 0 Å². The van der Waals surface area contributed by atoms with Gasteiger partial charge in [-0.3, -0.25) is 4.84 Å². The SMILES string of the molecule is COc1ccc(C(C)NOCc2ccccc2)cc1OC. The topological polar surface area (TPSA) is 39.7 Å². The molecule has 0 aromatic heterocycles. The van der Waals surface area contributed by atoms with Gasteiger partial charge in [-0.1, -0.05) is 36.4 Å². The summed E-state index contributed by atoms with van der Waals surface area (Å²) in [4.78, 5) is 5.54. The van der Waals surface area contributed by atoms with E-state index in [4.69, 9.17) is 14.3 Å². The monoisotopic (exact) mass is 287 g/mol. The van der Waals surface area contributed by atoms with Crippen molar-refractivity contribution >= 4 is 0 Å². The zero-order valence-corrected chi connectivity index (χ0v) is 12.6. The van der Waals surface area contributed by atoms with Crippen LogP contribution >= 0.6 is 0 Å². The zero-order chi connectivity index (χ0) is 15.1. The Bertz CT molecular complexity index is 557. The van der Waals surface area contributed by atoms with Crippen LogP contribution in [-0.4, -0.2) is 14.2 Å². The van der Waals surface area contributed by atoms with E-state index in [1.165, 1.54) is 0 Å².